The summed E-state index contributed by atoms with van der Waals surface area (Å²) >= 11 is 0. The summed E-state index contributed by atoms with van der Waals surface area (Å²) in [5.41, 5.74) is 4.72. The summed E-state index contributed by atoms with van der Waals surface area (Å²) in [4.78, 5) is 13.1. The lowest BCUT2D eigenvalue weighted by Gasteiger charge is -2.32. The van der Waals surface area contributed by atoms with E-state index in [1.807, 2.05) is 0 Å². The first-order valence-corrected chi connectivity index (χ1v) is 6.59. The maximum absolute atomic E-state index is 13.2. The predicted octanol–water partition coefficient (Wildman–Crippen LogP) is 2.86. The number of hydrogen-bond acceptors (Lipinski definition) is 2. The normalized spacial score (nSPS) is 24.1. The molecule has 0 bridgehead atoms. The van der Waals surface area contributed by atoms with E-state index < -0.39 is 29.6 Å². The van der Waals surface area contributed by atoms with E-state index in [1.165, 1.54) is 11.9 Å². The molecule has 0 spiro atoms. The van der Waals surface area contributed by atoms with Crippen LogP contribution >= 0.6 is 0 Å². The zero-order chi connectivity index (χ0) is 15.8. The average Bonchev–Trinajstić information content (AvgIpc) is 2.50. The van der Waals surface area contributed by atoms with Crippen molar-refractivity contribution in [2.75, 3.05) is 7.05 Å². The maximum atomic E-state index is 13.2. The molecule has 1 aromatic rings. The molecule has 1 saturated heterocycles. The Morgan fingerprint density at radius 1 is 1.33 bits per heavy atom. The van der Waals surface area contributed by atoms with E-state index in [9.17, 15) is 22.4 Å². The number of rotatable bonds is 1. The van der Waals surface area contributed by atoms with Gasteiger partial charge < -0.3 is 10.6 Å². The third-order valence-corrected chi connectivity index (χ3v) is 3.78. The van der Waals surface area contributed by atoms with Crippen molar-refractivity contribution in [2.45, 2.75) is 37.5 Å². The van der Waals surface area contributed by atoms with Gasteiger partial charge in [0.2, 0.25) is 5.91 Å². The van der Waals surface area contributed by atoms with Crippen molar-refractivity contribution < 1.29 is 22.4 Å². The van der Waals surface area contributed by atoms with Crippen LogP contribution in [0.5, 0.6) is 0 Å². The maximum Gasteiger partial charge on any atom is 0.416 e. The number of likely N-dealkylation sites (N-methyl/N-ethyl adjacent to an activating group) is 1. The summed E-state index contributed by atoms with van der Waals surface area (Å²) < 4.78 is 52.6. The Balaban J connectivity index is 2.55. The lowest BCUT2D eigenvalue weighted by Crippen LogP contribution is -2.40. The first-order chi connectivity index (χ1) is 9.71. The fraction of sp³-hybridized carbons (Fsp3) is 0.500. The Bertz CT molecular complexity index is 544. The molecular formula is C14H16F4N2O. The highest BCUT2D eigenvalue weighted by Crippen LogP contribution is 2.39. The van der Waals surface area contributed by atoms with E-state index in [-0.39, 0.29) is 17.9 Å². The van der Waals surface area contributed by atoms with Gasteiger partial charge >= 0.3 is 6.18 Å². The number of benzene rings is 1. The predicted molar refractivity (Wildman–Crippen MR) is 68.7 cm³/mol. The monoisotopic (exact) mass is 304 g/mol. The quantitative estimate of drug-likeness (QED) is 0.811. The van der Waals surface area contributed by atoms with Gasteiger partial charge in [0.15, 0.2) is 0 Å². The van der Waals surface area contributed by atoms with Crippen molar-refractivity contribution in [1.82, 2.24) is 4.90 Å². The van der Waals surface area contributed by atoms with Crippen LogP contribution in [-0.4, -0.2) is 23.9 Å². The van der Waals surface area contributed by atoms with Gasteiger partial charge in [-0.25, -0.2) is 4.39 Å². The average molecular weight is 304 g/mol. The number of carbonyl (C=O) groups is 1. The summed E-state index contributed by atoms with van der Waals surface area (Å²) in [5, 5.41) is 0. The smallest absolute Gasteiger partial charge is 0.337 e. The Kier molecular flexibility index (Phi) is 4.22. The van der Waals surface area contributed by atoms with Crippen LogP contribution in [-0.2, 0) is 11.0 Å². The highest BCUT2D eigenvalue weighted by molar-refractivity contribution is 5.77. The lowest BCUT2D eigenvalue weighted by molar-refractivity contribution is -0.140. The van der Waals surface area contributed by atoms with Crippen molar-refractivity contribution >= 4 is 5.91 Å². The Morgan fingerprint density at radius 3 is 2.62 bits per heavy atom. The molecule has 3 nitrogen and oxygen atoms in total. The van der Waals surface area contributed by atoms with E-state index in [1.54, 1.807) is 0 Å². The molecule has 1 fully saturated rings. The molecule has 2 unspecified atom stereocenters. The number of nitrogens with zero attached hydrogens (tertiary/aromatic N) is 1. The summed E-state index contributed by atoms with van der Waals surface area (Å²) in [5.74, 6) is -1.23. The zero-order valence-corrected chi connectivity index (χ0v) is 11.5. The van der Waals surface area contributed by atoms with Gasteiger partial charge in [0.25, 0.3) is 0 Å². The van der Waals surface area contributed by atoms with Gasteiger partial charge in [0.05, 0.1) is 11.6 Å². The van der Waals surface area contributed by atoms with Gasteiger partial charge in [-0.05, 0) is 30.5 Å². The minimum atomic E-state index is -4.70. The molecule has 2 rings (SSSR count). The molecule has 1 heterocycles. The molecular weight excluding hydrogens is 288 g/mol. The van der Waals surface area contributed by atoms with Gasteiger partial charge in [-0.2, -0.15) is 13.2 Å². The SMILES string of the molecule is CN1C(=O)CCCC(N)C1c1ccc(F)cc1C(F)(F)F. The molecule has 21 heavy (non-hydrogen) atoms. The molecule has 0 aromatic heterocycles. The number of nitrogens with two attached hydrogens (primary N) is 1. The Hall–Kier alpha value is -1.63. The van der Waals surface area contributed by atoms with Crippen LogP contribution in [0.25, 0.3) is 0 Å². The number of halogens is 4. The third kappa shape index (κ3) is 3.18. The molecule has 116 valence electrons. The van der Waals surface area contributed by atoms with Gasteiger partial charge in [-0.3, -0.25) is 4.79 Å². The first kappa shape index (κ1) is 15.8. The van der Waals surface area contributed by atoms with E-state index in [2.05, 4.69) is 0 Å². The highest BCUT2D eigenvalue weighted by atomic mass is 19.4. The van der Waals surface area contributed by atoms with Crippen LogP contribution in [0.1, 0.15) is 36.4 Å². The van der Waals surface area contributed by atoms with Crippen LogP contribution in [0.2, 0.25) is 0 Å². The van der Waals surface area contributed by atoms with E-state index in [0.717, 1.165) is 12.1 Å². The number of alkyl halides is 3. The van der Waals surface area contributed by atoms with Gasteiger partial charge in [0, 0.05) is 19.5 Å². The van der Waals surface area contributed by atoms with E-state index in [0.29, 0.717) is 18.9 Å². The van der Waals surface area contributed by atoms with E-state index in [4.69, 9.17) is 5.73 Å². The van der Waals surface area contributed by atoms with Crippen molar-refractivity contribution in [2.24, 2.45) is 5.73 Å². The molecule has 1 aliphatic heterocycles. The number of likely N-dealkylation sites (tertiary alicyclic amines) is 1. The standard InChI is InChI=1S/C14H16F4N2O/c1-20-12(21)4-2-3-11(19)13(20)9-6-5-8(15)7-10(9)14(16,17)18/h5-7,11,13H,2-4,19H2,1H3. The fourth-order valence-corrected chi connectivity index (χ4v) is 2.74. The van der Waals surface area contributed by atoms with Crippen LogP contribution in [0.4, 0.5) is 17.6 Å². The first-order valence-electron chi connectivity index (χ1n) is 6.59. The number of carbonyl (C=O) groups excluding carboxylic acids is 1. The molecule has 0 saturated carbocycles. The van der Waals surface area contributed by atoms with Crippen molar-refractivity contribution in [3.05, 3.63) is 35.1 Å². The fourth-order valence-electron chi connectivity index (χ4n) is 2.74. The minimum absolute atomic E-state index is 0.158. The van der Waals surface area contributed by atoms with Crippen LogP contribution in [0.3, 0.4) is 0 Å². The Morgan fingerprint density at radius 2 is 2.00 bits per heavy atom. The topological polar surface area (TPSA) is 46.3 Å². The molecule has 1 aliphatic rings. The Labute approximate surface area is 119 Å². The number of hydrogen-bond donors (Lipinski definition) is 1. The van der Waals surface area contributed by atoms with E-state index >= 15 is 0 Å². The number of amides is 1. The van der Waals surface area contributed by atoms with Gasteiger partial charge in [0.1, 0.15) is 5.82 Å². The molecule has 2 N–H and O–H groups in total. The molecule has 0 aliphatic carbocycles. The molecule has 1 aromatic carbocycles. The largest absolute Gasteiger partial charge is 0.416 e. The molecule has 2 atom stereocenters. The highest BCUT2D eigenvalue weighted by Gasteiger charge is 2.39. The van der Waals surface area contributed by atoms with Crippen LogP contribution < -0.4 is 5.73 Å². The molecule has 0 radical (unpaired) electrons. The molecule has 7 heteroatoms. The summed E-state index contributed by atoms with van der Waals surface area (Å²) in [6.07, 6.45) is -3.48. The van der Waals surface area contributed by atoms with Crippen LogP contribution in [0.15, 0.2) is 18.2 Å². The second kappa shape index (κ2) is 5.63. The second-order valence-corrected chi connectivity index (χ2v) is 5.23. The summed E-state index contributed by atoms with van der Waals surface area (Å²) in [7, 11) is 1.43. The van der Waals surface area contributed by atoms with Crippen LogP contribution in [0, 0.1) is 5.82 Å². The second-order valence-electron chi connectivity index (χ2n) is 5.23. The summed E-state index contributed by atoms with van der Waals surface area (Å²) in [6, 6.07) is 0.953. The van der Waals surface area contributed by atoms with Gasteiger partial charge in [-0.15, -0.1) is 0 Å². The van der Waals surface area contributed by atoms with Crippen molar-refractivity contribution in [3.8, 4) is 0 Å². The minimum Gasteiger partial charge on any atom is -0.337 e. The van der Waals surface area contributed by atoms with Crippen molar-refractivity contribution in [1.29, 1.82) is 0 Å². The summed E-state index contributed by atoms with van der Waals surface area (Å²) in [6.45, 7) is 0. The lowest BCUT2D eigenvalue weighted by atomic mass is 9.92. The third-order valence-electron chi connectivity index (χ3n) is 3.78. The zero-order valence-electron chi connectivity index (χ0n) is 11.5. The van der Waals surface area contributed by atoms with Crippen molar-refractivity contribution in [3.63, 3.8) is 0 Å². The van der Waals surface area contributed by atoms with Gasteiger partial charge in [-0.1, -0.05) is 6.07 Å². The molecule has 1 amide bonds.